The minimum Gasteiger partial charge on any atom is -0.494 e. The minimum atomic E-state index is -0.816. The molecule has 2 aromatic rings. The minimum absolute atomic E-state index is 0.0779. The second-order valence-electron chi connectivity index (χ2n) is 8.09. The fourth-order valence-corrected chi connectivity index (χ4v) is 3.25. The van der Waals surface area contributed by atoms with Crippen molar-refractivity contribution < 1.29 is 19.7 Å². The number of rotatable bonds is 13. The van der Waals surface area contributed by atoms with Gasteiger partial charge in [0.05, 0.1) is 25.5 Å². The zero-order valence-electron chi connectivity index (χ0n) is 18.7. The van der Waals surface area contributed by atoms with Gasteiger partial charge in [0, 0.05) is 17.5 Å². The van der Waals surface area contributed by atoms with E-state index in [1.807, 2.05) is 36.4 Å². The monoisotopic (exact) mass is 463 g/mol. The van der Waals surface area contributed by atoms with Gasteiger partial charge in [-0.05, 0) is 41.8 Å². The Balaban J connectivity index is 1.93. The van der Waals surface area contributed by atoms with Gasteiger partial charge in [-0.25, -0.2) is 5.84 Å². The first-order valence-electron chi connectivity index (χ1n) is 10.6. The molecule has 0 radical (unpaired) electrons. The summed E-state index contributed by atoms with van der Waals surface area (Å²) in [5.41, 5.74) is 7.82. The maximum absolute atomic E-state index is 10.1. The average molecular weight is 464 g/mol. The van der Waals surface area contributed by atoms with Crippen molar-refractivity contribution in [3.63, 3.8) is 0 Å². The summed E-state index contributed by atoms with van der Waals surface area (Å²) in [6.07, 6.45) is 1.38. The maximum Gasteiger partial charge on any atom is 0.119 e. The molecule has 0 bridgehead atoms. The van der Waals surface area contributed by atoms with Gasteiger partial charge in [0.25, 0.3) is 0 Å². The van der Waals surface area contributed by atoms with Crippen molar-refractivity contribution in [2.45, 2.75) is 31.8 Å². The molecule has 32 heavy (non-hydrogen) atoms. The third-order valence-corrected chi connectivity index (χ3v) is 5.34. The van der Waals surface area contributed by atoms with Gasteiger partial charge in [0.2, 0.25) is 0 Å². The summed E-state index contributed by atoms with van der Waals surface area (Å²) >= 11 is 5.69. The van der Waals surface area contributed by atoms with Gasteiger partial charge in [-0.2, -0.15) is 0 Å². The predicted octanol–water partition coefficient (Wildman–Crippen LogP) is 2.73. The molecule has 0 aliphatic rings. The van der Waals surface area contributed by atoms with Gasteiger partial charge in [0.1, 0.15) is 24.2 Å². The van der Waals surface area contributed by atoms with Crippen LogP contribution >= 0.6 is 11.6 Å². The Hall–Kier alpha value is -2.45. The first kappa shape index (κ1) is 25.8. The molecule has 0 saturated heterocycles. The number of nitrogens with zero attached hydrogens (tertiary/aromatic N) is 1. The van der Waals surface area contributed by atoms with Gasteiger partial charge in [0.15, 0.2) is 0 Å². The smallest absolute Gasteiger partial charge is 0.119 e. The Morgan fingerprint density at radius 1 is 1.06 bits per heavy atom. The van der Waals surface area contributed by atoms with E-state index in [1.165, 1.54) is 16.8 Å². The molecule has 0 amide bonds. The van der Waals surface area contributed by atoms with E-state index >= 15 is 0 Å². The fraction of sp³-hybridized carbons (Fsp3) is 0.417. The second kappa shape index (κ2) is 12.6. The van der Waals surface area contributed by atoms with Crippen LogP contribution in [-0.2, 0) is 5.41 Å². The number of hydrogen-bond acceptors (Lipinski definition) is 7. The number of hydrazine groups is 1. The molecular formula is C24H34ClN3O4. The average Bonchev–Trinajstić information content (AvgIpc) is 2.78. The molecule has 0 spiro atoms. The summed E-state index contributed by atoms with van der Waals surface area (Å²) < 4.78 is 11.4. The summed E-state index contributed by atoms with van der Waals surface area (Å²) in [6, 6.07) is 15.9. The molecule has 0 saturated carbocycles. The lowest BCUT2D eigenvalue weighted by atomic mass is 9.78. The fourth-order valence-electron chi connectivity index (χ4n) is 3.14. The lowest BCUT2D eigenvalue weighted by molar-refractivity contribution is 0.0815. The zero-order chi connectivity index (χ0) is 23.6. The number of aliphatic hydroxyl groups excluding tert-OH is 2. The summed E-state index contributed by atoms with van der Waals surface area (Å²) in [4.78, 5) is 0. The van der Waals surface area contributed by atoms with Gasteiger partial charge < -0.3 is 30.4 Å². The van der Waals surface area contributed by atoms with Crippen LogP contribution in [0, 0.1) is 0 Å². The van der Waals surface area contributed by atoms with Gasteiger partial charge in [-0.15, -0.1) is 11.6 Å². The van der Waals surface area contributed by atoms with E-state index in [1.54, 1.807) is 0 Å². The van der Waals surface area contributed by atoms with Crippen LogP contribution < -0.4 is 21.1 Å². The highest BCUT2D eigenvalue weighted by molar-refractivity contribution is 6.17. The standard InChI is InChI=1S/C24H34ClN3O4/c1-24(2,18-4-8-22(9-5-18)31-13-3-12-25)19-6-10-23(11-7-19)32-17-21(30)15-28(27)14-20(26)16-29/h4-11,14,21,29-30H,3,12-13,15-17,26-27H2,1-2H3/b20-14-/t21-/m1/s1. The van der Waals surface area contributed by atoms with Crippen molar-refractivity contribution in [3.05, 3.63) is 71.6 Å². The number of nitrogens with two attached hydrogens (primary N) is 2. The SMILES string of the molecule is CC(C)(c1ccc(OCCCCl)cc1)c1ccc(OC[C@H](O)CN(N)/C=C(\N)CO)cc1. The normalized spacial score (nSPS) is 13.0. The molecule has 0 unspecified atom stereocenters. The topological polar surface area (TPSA) is 114 Å². The van der Waals surface area contributed by atoms with E-state index in [0.29, 0.717) is 18.2 Å². The highest BCUT2D eigenvalue weighted by atomic mass is 35.5. The molecule has 6 N–H and O–H groups in total. The molecule has 0 heterocycles. The number of alkyl halides is 1. The highest BCUT2D eigenvalue weighted by Gasteiger charge is 2.23. The summed E-state index contributed by atoms with van der Waals surface area (Å²) in [7, 11) is 0. The molecule has 0 aliphatic carbocycles. The maximum atomic E-state index is 10.1. The molecule has 176 valence electrons. The van der Waals surface area contributed by atoms with E-state index in [-0.39, 0.29) is 30.9 Å². The van der Waals surface area contributed by atoms with Gasteiger partial charge in [-0.1, -0.05) is 38.1 Å². The van der Waals surface area contributed by atoms with Gasteiger partial charge >= 0.3 is 0 Å². The van der Waals surface area contributed by atoms with Crippen LogP contribution in [0.4, 0.5) is 0 Å². The van der Waals surface area contributed by atoms with E-state index in [0.717, 1.165) is 17.7 Å². The van der Waals surface area contributed by atoms with Crippen LogP contribution in [-0.4, -0.2) is 53.6 Å². The van der Waals surface area contributed by atoms with E-state index < -0.39 is 6.10 Å². The Morgan fingerprint density at radius 3 is 2.09 bits per heavy atom. The second-order valence-corrected chi connectivity index (χ2v) is 8.47. The Kier molecular flexibility index (Phi) is 10.1. The number of ether oxygens (including phenoxy) is 2. The molecular weight excluding hydrogens is 430 g/mol. The number of benzene rings is 2. The number of halogens is 1. The van der Waals surface area contributed by atoms with Crippen LogP contribution in [0.15, 0.2) is 60.4 Å². The van der Waals surface area contributed by atoms with E-state index in [9.17, 15) is 5.11 Å². The molecule has 7 nitrogen and oxygen atoms in total. The first-order valence-corrected chi connectivity index (χ1v) is 11.1. The molecule has 0 fully saturated rings. The predicted molar refractivity (Wildman–Crippen MR) is 128 cm³/mol. The van der Waals surface area contributed by atoms with Crippen molar-refractivity contribution in [2.75, 3.05) is 32.2 Å². The van der Waals surface area contributed by atoms with Crippen molar-refractivity contribution in [1.82, 2.24) is 5.01 Å². The summed E-state index contributed by atoms with van der Waals surface area (Å²) in [5, 5.41) is 20.2. The number of hydrogen-bond donors (Lipinski definition) is 4. The van der Waals surface area contributed by atoms with E-state index in [4.69, 9.17) is 37.8 Å². The highest BCUT2D eigenvalue weighted by Crippen LogP contribution is 2.33. The lowest BCUT2D eigenvalue weighted by Gasteiger charge is -2.26. The zero-order valence-corrected chi connectivity index (χ0v) is 19.5. The summed E-state index contributed by atoms with van der Waals surface area (Å²) in [5.74, 6) is 7.80. The van der Waals surface area contributed by atoms with Crippen LogP contribution in [0.1, 0.15) is 31.4 Å². The Labute approximate surface area is 195 Å². The van der Waals surface area contributed by atoms with Crippen molar-refractivity contribution in [2.24, 2.45) is 11.6 Å². The van der Waals surface area contributed by atoms with Crippen molar-refractivity contribution in [3.8, 4) is 11.5 Å². The van der Waals surface area contributed by atoms with Crippen LogP contribution in [0.3, 0.4) is 0 Å². The lowest BCUT2D eigenvalue weighted by Crippen LogP contribution is -2.37. The molecule has 2 rings (SSSR count). The largest absolute Gasteiger partial charge is 0.494 e. The van der Waals surface area contributed by atoms with Crippen LogP contribution in [0.2, 0.25) is 0 Å². The third kappa shape index (κ3) is 7.91. The summed E-state index contributed by atoms with van der Waals surface area (Å²) in [6.45, 7) is 4.84. The Morgan fingerprint density at radius 2 is 1.59 bits per heavy atom. The Bertz CT molecular complexity index is 841. The first-order chi connectivity index (χ1) is 15.3. The van der Waals surface area contributed by atoms with E-state index in [2.05, 4.69) is 26.0 Å². The van der Waals surface area contributed by atoms with Crippen LogP contribution in [0.5, 0.6) is 11.5 Å². The number of aliphatic hydroxyl groups is 2. The third-order valence-electron chi connectivity index (χ3n) is 5.08. The molecule has 0 aliphatic heterocycles. The van der Waals surface area contributed by atoms with Crippen molar-refractivity contribution in [1.29, 1.82) is 0 Å². The molecule has 2 aromatic carbocycles. The molecule has 8 heteroatoms. The molecule has 1 atom stereocenters. The molecule has 0 aromatic heterocycles. The quantitative estimate of drug-likeness (QED) is 0.156. The van der Waals surface area contributed by atoms with Crippen LogP contribution in [0.25, 0.3) is 0 Å². The van der Waals surface area contributed by atoms with Gasteiger partial charge in [-0.3, -0.25) is 0 Å². The van der Waals surface area contributed by atoms with Crippen molar-refractivity contribution >= 4 is 11.6 Å².